The van der Waals surface area contributed by atoms with Crippen molar-refractivity contribution >= 4 is 22.8 Å². The highest BCUT2D eigenvalue weighted by Gasteiger charge is 2.44. The summed E-state index contributed by atoms with van der Waals surface area (Å²) in [7, 11) is 1.56. The number of benzene rings is 3. The van der Waals surface area contributed by atoms with Gasteiger partial charge in [0.15, 0.2) is 0 Å². The fourth-order valence-electron chi connectivity index (χ4n) is 6.20. The second-order valence-electron chi connectivity index (χ2n) is 10.7. The predicted octanol–water partition coefficient (Wildman–Crippen LogP) is 5.72. The second-order valence-corrected chi connectivity index (χ2v) is 10.7. The van der Waals surface area contributed by atoms with Crippen molar-refractivity contribution in [3.05, 3.63) is 83.2 Å². The molecule has 0 radical (unpaired) electrons. The lowest BCUT2D eigenvalue weighted by atomic mass is 9.84. The van der Waals surface area contributed by atoms with Crippen LogP contribution in [0.3, 0.4) is 0 Å². The van der Waals surface area contributed by atoms with Gasteiger partial charge in [-0.25, -0.2) is 4.39 Å². The number of carbonyl (C=O) groups excluding carboxylic acids is 2. The van der Waals surface area contributed by atoms with Crippen molar-refractivity contribution in [3.8, 4) is 22.5 Å². The maximum absolute atomic E-state index is 13.6. The molecule has 3 saturated carbocycles. The SMILES string of the molecule is CNC(=O)c1c(-c2ccc(F)cc2)oc2cc(CCCO)c(-c3cccc(C(=O)NC4CC5CC4C5)c3)cc12. The minimum absolute atomic E-state index is 0.0337. The maximum atomic E-state index is 13.6. The summed E-state index contributed by atoms with van der Waals surface area (Å²) in [6, 6.07) is 17.5. The molecule has 39 heavy (non-hydrogen) atoms. The molecule has 3 aromatic carbocycles. The van der Waals surface area contributed by atoms with Crippen molar-refractivity contribution in [2.24, 2.45) is 11.8 Å². The maximum Gasteiger partial charge on any atom is 0.255 e. The Hall–Kier alpha value is -3.97. The summed E-state index contributed by atoms with van der Waals surface area (Å²) in [6.45, 7) is 0.0337. The predicted molar refractivity (Wildman–Crippen MR) is 148 cm³/mol. The van der Waals surface area contributed by atoms with Gasteiger partial charge in [0, 0.05) is 36.2 Å². The van der Waals surface area contributed by atoms with Gasteiger partial charge in [0.05, 0.1) is 5.56 Å². The number of aliphatic hydroxyl groups excluding tert-OH is 1. The van der Waals surface area contributed by atoms with E-state index in [-0.39, 0.29) is 30.3 Å². The summed E-state index contributed by atoms with van der Waals surface area (Å²) in [6.07, 6.45) is 4.65. The Bertz CT molecular complexity index is 1550. The minimum Gasteiger partial charge on any atom is -0.455 e. The molecule has 1 atom stereocenters. The largest absolute Gasteiger partial charge is 0.455 e. The van der Waals surface area contributed by atoms with Crippen LogP contribution in [-0.4, -0.2) is 36.6 Å². The van der Waals surface area contributed by atoms with Crippen molar-refractivity contribution in [1.82, 2.24) is 10.6 Å². The molecule has 2 amide bonds. The Morgan fingerprint density at radius 1 is 1.00 bits per heavy atom. The van der Waals surface area contributed by atoms with E-state index in [0.29, 0.717) is 52.2 Å². The Labute approximate surface area is 226 Å². The normalized spacial score (nSPS) is 19.6. The highest BCUT2D eigenvalue weighted by atomic mass is 19.1. The summed E-state index contributed by atoms with van der Waals surface area (Å²) < 4.78 is 19.8. The Balaban J connectivity index is 1.44. The average Bonchev–Trinajstić information content (AvgIpc) is 3.63. The van der Waals surface area contributed by atoms with Gasteiger partial charge in [0.2, 0.25) is 0 Å². The molecule has 200 valence electrons. The third-order valence-corrected chi connectivity index (χ3v) is 8.26. The molecule has 3 N–H and O–H groups in total. The molecule has 3 aliphatic rings. The molecule has 1 heterocycles. The molecule has 2 bridgehead atoms. The fraction of sp³-hybridized carbons (Fsp3) is 0.312. The van der Waals surface area contributed by atoms with Crippen molar-refractivity contribution < 1.29 is 23.5 Å². The van der Waals surface area contributed by atoms with E-state index < -0.39 is 0 Å². The molecule has 6 nitrogen and oxygen atoms in total. The number of hydrogen-bond donors (Lipinski definition) is 3. The molecule has 0 aliphatic heterocycles. The fourth-order valence-corrected chi connectivity index (χ4v) is 6.20. The van der Waals surface area contributed by atoms with E-state index in [9.17, 15) is 19.1 Å². The number of aliphatic hydroxyl groups is 1. The van der Waals surface area contributed by atoms with Gasteiger partial charge in [-0.3, -0.25) is 9.59 Å². The van der Waals surface area contributed by atoms with Crippen LogP contribution >= 0.6 is 0 Å². The summed E-state index contributed by atoms with van der Waals surface area (Å²) in [5, 5.41) is 16.1. The van der Waals surface area contributed by atoms with Crippen LogP contribution in [0, 0.1) is 17.7 Å². The zero-order valence-electron chi connectivity index (χ0n) is 21.8. The number of fused-ring (bicyclic) bond motifs is 2. The quantitative estimate of drug-likeness (QED) is 0.274. The van der Waals surface area contributed by atoms with Crippen LogP contribution in [0.2, 0.25) is 0 Å². The van der Waals surface area contributed by atoms with E-state index in [1.807, 2.05) is 36.4 Å². The van der Waals surface area contributed by atoms with Gasteiger partial charge in [-0.1, -0.05) is 12.1 Å². The van der Waals surface area contributed by atoms with Gasteiger partial charge < -0.3 is 20.2 Å². The second kappa shape index (κ2) is 10.3. The number of halogens is 1. The van der Waals surface area contributed by atoms with Crippen molar-refractivity contribution in [1.29, 1.82) is 0 Å². The standard InChI is InChI=1S/C32H31FN2O4/c1-34-32(38)29-26-17-25(20-4-2-5-22(15-20)31(37)35-27-14-18-12-23(27)13-18)21(6-3-11-36)16-28(26)39-30(29)19-7-9-24(33)10-8-19/h2,4-5,7-10,15-18,23,27,36H,3,6,11-14H2,1H3,(H,34,38)(H,35,37). The van der Waals surface area contributed by atoms with Gasteiger partial charge in [-0.15, -0.1) is 0 Å². The Morgan fingerprint density at radius 3 is 2.49 bits per heavy atom. The number of furan rings is 1. The number of hydrogen-bond acceptors (Lipinski definition) is 4. The van der Waals surface area contributed by atoms with Gasteiger partial charge in [-0.2, -0.15) is 0 Å². The van der Waals surface area contributed by atoms with Crippen molar-refractivity contribution in [2.75, 3.05) is 13.7 Å². The summed E-state index contributed by atoms with van der Waals surface area (Å²) in [5.74, 6) is 0.966. The van der Waals surface area contributed by atoms with Crippen LogP contribution in [0.1, 0.15) is 52.0 Å². The summed E-state index contributed by atoms with van der Waals surface area (Å²) in [5.41, 5.74) is 4.73. The van der Waals surface area contributed by atoms with Crippen LogP contribution in [0.4, 0.5) is 4.39 Å². The first-order valence-electron chi connectivity index (χ1n) is 13.5. The number of nitrogens with one attached hydrogen (secondary N) is 2. The van der Waals surface area contributed by atoms with E-state index >= 15 is 0 Å². The smallest absolute Gasteiger partial charge is 0.255 e. The molecule has 0 spiro atoms. The van der Waals surface area contributed by atoms with Crippen LogP contribution in [-0.2, 0) is 6.42 Å². The van der Waals surface area contributed by atoms with Gasteiger partial charge in [0.25, 0.3) is 11.8 Å². The first-order chi connectivity index (χ1) is 18.9. The zero-order valence-corrected chi connectivity index (χ0v) is 21.8. The molecule has 4 aromatic rings. The van der Waals surface area contributed by atoms with Crippen LogP contribution < -0.4 is 10.6 Å². The number of aryl methyl sites for hydroxylation is 1. The highest BCUT2D eigenvalue weighted by molar-refractivity contribution is 6.12. The van der Waals surface area contributed by atoms with Gasteiger partial charge >= 0.3 is 0 Å². The lowest BCUT2D eigenvalue weighted by molar-refractivity contribution is 0.0927. The zero-order chi connectivity index (χ0) is 27.1. The van der Waals surface area contributed by atoms with Crippen LogP contribution in [0.15, 0.2) is 65.1 Å². The first-order valence-corrected chi connectivity index (χ1v) is 13.5. The van der Waals surface area contributed by atoms with E-state index in [1.165, 1.54) is 25.0 Å². The number of amides is 2. The van der Waals surface area contributed by atoms with E-state index in [4.69, 9.17) is 4.42 Å². The van der Waals surface area contributed by atoms with Gasteiger partial charge in [0.1, 0.15) is 17.2 Å². The monoisotopic (exact) mass is 526 g/mol. The molecule has 3 aliphatic carbocycles. The third kappa shape index (κ3) is 4.72. The minimum atomic E-state index is -0.376. The Morgan fingerprint density at radius 2 is 1.79 bits per heavy atom. The molecule has 3 fully saturated rings. The molecular weight excluding hydrogens is 495 g/mol. The van der Waals surface area contributed by atoms with Crippen molar-refractivity contribution in [2.45, 2.75) is 38.1 Å². The average molecular weight is 527 g/mol. The number of rotatable bonds is 8. The summed E-state index contributed by atoms with van der Waals surface area (Å²) >= 11 is 0. The lowest BCUT2D eigenvalue weighted by Crippen LogP contribution is -2.36. The topological polar surface area (TPSA) is 91.6 Å². The van der Waals surface area contributed by atoms with E-state index in [0.717, 1.165) is 29.0 Å². The molecule has 0 saturated heterocycles. The van der Waals surface area contributed by atoms with E-state index in [2.05, 4.69) is 10.6 Å². The molecule has 7 heteroatoms. The molecule has 1 unspecified atom stereocenters. The van der Waals surface area contributed by atoms with Crippen LogP contribution in [0.5, 0.6) is 0 Å². The molecular formula is C32H31FN2O4. The Kier molecular flexibility index (Phi) is 6.69. The molecule has 7 rings (SSSR count). The van der Waals surface area contributed by atoms with Crippen molar-refractivity contribution in [3.63, 3.8) is 0 Å². The first kappa shape index (κ1) is 25.3. The third-order valence-electron chi connectivity index (χ3n) is 8.26. The lowest BCUT2D eigenvalue weighted by Gasteiger charge is -2.24. The van der Waals surface area contributed by atoms with E-state index in [1.54, 1.807) is 19.2 Å². The molecule has 1 aromatic heterocycles. The van der Waals surface area contributed by atoms with Crippen LogP contribution in [0.25, 0.3) is 33.4 Å². The van der Waals surface area contributed by atoms with Gasteiger partial charge in [-0.05, 0) is 109 Å². The summed E-state index contributed by atoms with van der Waals surface area (Å²) in [4.78, 5) is 26.2. The highest BCUT2D eigenvalue weighted by Crippen LogP contribution is 2.48. The number of carbonyl (C=O) groups is 2.